The fraction of sp³-hybridized carbons (Fsp3) is 0.238. The minimum absolute atomic E-state index is 0.00669. The van der Waals surface area contributed by atoms with E-state index in [1.165, 1.54) is 4.90 Å². The molecule has 0 aromatic heterocycles. The number of hydrogen-bond donors (Lipinski definition) is 0. The van der Waals surface area contributed by atoms with E-state index in [9.17, 15) is 14.4 Å². The summed E-state index contributed by atoms with van der Waals surface area (Å²) in [6.07, 6.45) is 0. The van der Waals surface area contributed by atoms with Crippen LogP contribution in [0.1, 0.15) is 29.8 Å². The number of benzene rings is 2. The third kappa shape index (κ3) is 3.78. The molecule has 1 aliphatic rings. The van der Waals surface area contributed by atoms with Crippen LogP contribution in [0.5, 0.6) is 0 Å². The Bertz CT molecular complexity index is 920. The molecule has 2 aromatic rings. The Morgan fingerprint density at radius 3 is 2.32 bits per heavy atom. The normalized spacial score (nSPS) is 14.1. The van der Waals surface area contributed by atoms with Crippen LogP contribution in [0.4, 0.5) is 5.69 Å². The number of fused-ring (bicyclic) bond motifs is 1. The molecule has 2 aromatic carbocycles. The van der Waals surface area contributed by atoms with Crippen molar-refractivity contribution in [1.29, 1.82) is 0 Å². The zero-order chi connectivity index (χ0) is 20.1. The molecule has 7 nitrogen and oxygen atoms in total. The second kappa shape index (κ2) is 8.47. The van der Waals surface area contributed by atoms with Gasteiger partial charge in [-0.25, -0.2) is 4.79 Å². The van der Waals surface area contributed by atoms with Crippen LogP contribution in [0.15, 0.2) is 59.8 Å². The zero-order valence-electron chi connectivity index (χ0n) is 15.8. The number of hydrogen-bond acceptors (Lipinski definition) is 5. The summed E-state index contributed by atoms with van der Waals surface area (Å²) in [5.41, 5.74) is 1.44. The summed E-state index contributed by atoms with van der Waals surface area (Å²) >= 11 is 0. The number of nitrogens with zero attached hydrogens (tertiary/aromatic N) is 3. The maximum absolute atomic E-state index is 12.9. The number of anilines is 1. The number of oxime groups is 1. The molecule has 28 heavy (non-hydrogen) atoms. The van der Waals surface area contributed by atoms with Crippen LogP contribution in [0, 0.1) is 0 Å². The predicted molar refractivity (Wildman–Crippen MR) is 105 cm³/mol. The van der Waals surface area contributed by atoms with Crippen molar-refractivity contribution < 1.29 is 19.2 Å². The lowest BCUT2D eigenvalue weighted by atomic mass is 10.1. The molecule has 0 radical (unpaired) electrons. The van der Waals surface area contributed by atoms with Crippen LogP contribution in [0.3, 0.4) is 0 Å². The van der Waals surface area contributed by atoms with Gasteiger partial charge in [-0.1, -0.05) is 41.6 Å². The molecule has 3 rings (SSSR count). The van der Waals surface area contributed by atoms with E-state index in [2.05, 4.69) is 5.16 Å². The fourth-order valence-corrected chi connectivity index (χ4v) is 3.03. The lowest BCUT2D eigenvalue weighted by Crippen LogP contribution is -2.42. The van der Waals surface area contributed by atoms with E-state index in [0.29, 0.717) is 29.9 Å². The van der Waals surface area contributed by atoms with Gasteiger partial charge in [-0.05, 0) is 32.0 Å². The van der Waals surface area contributed by atoms with Crippen LogP contribution in [-0.2, 0) is 14.4 Å². The van der Waals surface area contributed by atoms with E-state index in [-0.39, 0.29) is 18.2 Å². The molecule has 0 fully saturated rings. The van der Waals surface area contributed by atoms with Crippen molar-refractivity contribution in [3.63, 3.8) is 0 Å². The first-order valence-electron chi connectivity index (χ1n) is 9.10. The molecule has 1 aliphatic heterocycles. The molecule has 144 valence electrons. The van der Waals surface area contributed by atoms with Crippen molar-refractivity contribution in [3.8, 4) is 0 Å². The summed E-state index contributed by atoms with van der Waals surface area (Å²) in [7, 11) is 0. The van der Waals surface area contributed by atoms with Crippen LogP contribution in [-0.4, -0.2) is 48.0 Å². The Kier molecular flexibility index (Phi) is 5.84. The average molecular weight is 379 g/mol. The maximum atomic E-state index is 12.9. The van der Waals surface area contributed by atoms with Gasteiger partial charge in [-0.2, -0.15) is 0 Å². The standard InChI is InChI=1S/C21H21N3O4/c1-3-23(4-2)18(25)14-24-17-13-9-8-12-16(17)19(20(24)26)22-28-21(27)15-10-6-5-7-11-15/h5-13H,3-4,14H2,1-2H3/b22-19+. The lowest BCUT2D eigenvalue weighted by molar-refractivity contribution is -0.130. The lowest BCUT2D eigenvalue weighted by Gasteiger charge is -2.23. The third-order valence-corrected chi connectivity index (χ3v) is 4.54. The number of likely N-dealkylation sites (N-methyl/N-ethyl adjacent to an activating group) is 1. The zero-order valence-corrected chi connectivity index (χ0v) is 15.8. The van der Waals surface area contributed by atoms with E-state index < -0.39 is 11.9 Å². The topological polar surface area (TPSA) is 79.3 Å². The van der Waals surface area contributed by atoms with E-state index >= 15 is 0 Å². The summed E-state index contributed by atoms with van der Waals surface area (Å²) < 4.78 is 0. The highest BCUT2D eigenvalue weighted by molar-refractivity contribution is 6.54. The van der Waals surface area contributed by atoms with E-state index in [1.54, 1.807) is 59.5 Å². The Labute approximate surface area is 163 Å². The Hall–Kier alpha value is -3.48. The van der Waals surface area contributed by atoms with Gasteiger partial charge in [0.1, 0.15) is 6.54 Å². The molecule has 0 bridgehead atoms. The van der Waals surface area contributed by atoms with E-state index in [1.807, 2.05) is 13.8 Å². The van der Waals surface area contributed by atoms with Crippen molar-refractivity contribution in [2.75, 3.05) is 24.5 Å². The van der Waals surface area contributed by atoms with Crippen molar-refractivity contribution in [1.82, 2.24) is 4.90 Å². The summed E-state index contributed by atoms with van der Waals surface area (Å²) in [5, 5.41) is 3.82. The molecule has 2 amide bonds. The van der Waals surface area contributed by atoms with Gasteiger partial charge in [-0.3, -0.25) is 14.5 Å². The smallest absolute Gasteiger partial charge is 0.342 e. The molecular weight excluding hydrogens is 358 g/mol. The molecule has 0 saturated heterocycles. The summed E-state index contributed by atoms with van der Waals surface area (Å²) in [6.45, 7) is 4.81. The van der Waals surface area contributed by atoms with Crippen molar-refractivity contribution >= 4 is 29.2 Å². The molecule has 0 unspecified atom stereocenters. The predicted octanol–water partition coefficient (Wildman–Crippen LogP) is 2.46. The second-order valence-electron chi connectivity index (χ2n) is 6.16. The SMILES string of the molecule is CCN(CC)C(=O)CN1C(=O)/C(=N/OC(=O)c2ccccc2)c2ccccc21. The molecule has 1 heterocycles. The number of carbonyl (C=O) groups excluding carboxylic acids is 3. The van der Waals surface area contributed by atoms with Crippen molar-refractivity contribution in [2.45, 2.75) is 13.8 Å². The van der Waals surface area contributed by atoms with E-state index in [4.69, 9.17) is 4.84 Å². The monoisotopic (exact) mass is 379 g/mol. The first kappa shape index (κ1) is 19.3. The number of para-hydroxylation sites is 1. The number of carbonyl (C=O) groups is 3. The van der Waals surface area contributed by atoms with Gasteiger partial charge in [0.05, 0.1) is 11.3 Å². The van der Waals surface area contributed by atoms with Gasteiger partial charge in [0, 0.05) is 18.7 Å². The van der Waals surface area contributed by atoms with Crippen molar-refractivity contribution in [3.05, 3.63) is 65.7 Å². The second-order valence-corrected chi connectivity index (χ2v) is 6.16. The number of rotatable bonds is 6. The highest BCUT2D eigenvalue weighted by Gasteiger charge is 2.36. The molecule has 7 heteroatoms. The van der Waals surface area contributed by atoms with Gasteiger partial charge < -0.3 is 9.74 Å². The fourth-order valence-electron chi connectivity index (χ4n) is 3.03. The third-order valence-electron chi connectivity index (χ3n) is 4.54. The Morgan fingerprint density at radius 1 is 1.00 bits per heavy atom. The van der Waals surface area contributed by atoms with Gasteiger partial charge >= 0.3 is 5.97 Å². The minimum Gasteiger partial charge on any atom is -0.342 e. The molecule has 0 saturated carbocycles. The molecule has 0 aliphatic carbocycles. The van der Waals surface area contributed by atoms with Crippen LogP contribution >= 0.6 is 0 Å². The first-order valence-corrected chi connectivity index (χ1v) is 9.10. The van der Waals surface area contributed by atoms with Gasteiger partial charge in [0.25, 0.3) is 5.91 Å². The van der Waals surface area contributed by atoms with Crippen LogP contribution in [0.2, 0.25) is 0 Å². The molecular formula is C21H21N3O4. The highest BCUT2D eigenvalue weighted by Crippen LogP contribution is 2.29. The van der Waals surface area contributed by atoms with Gasteiger partial charge in [0.15, 0.2) is 5.71 Å². The average Bonchev–Trinajstić information content (AvgIpc) is 2.99. The quantitative estimate of drug-likeness (QED) is 0.570. The summed E-state index contributed by atoms with van der Waals surface area (Å²) in [4.78, 5) is 45.5. The van der Waals surface area contributed by atoms with Gasteiger partial charge in [-0.15, -0.1) is 0 Å². The highest BCUT2D eigenvalue weighted by atomic mass is 16.7. The number of amides is 2. The molecule has 0 N–H and O–H groups in total. The summed E-state index contributed by atoms with van der Waals surface area (Å²) in [6, 6.07) is 15.4. The minimum atomic E-state index is -0.656. The Morgan fingerprint density at radius 2 is 1.64 bits per heavy atom. The van der Waals surface area contributed by atoms with Crippen LogP contribution < -0.4 is 4.90 Å². The van der Waals surface area contributed by atoms with E-state index in [0.717, 1.165) is 0 Å². The molecule has 0 atom stereocenters. The summed E-state index contributed by atoms with van der Waals surface area (Å²) in [5.74, 6) is -1.28. The first-order chi connectivity index (χ1) is 13.6. The largest absolute Gasteiger partial charge is 0.365 e. The van der Waals surface area contributed by atoms with Crippen LogP contribution in [0.25, 0.3) is 0 Å². The maximum Gasteiger partial charge on any atom is 0.365 e. The van der Waals surface area contributed by atoms with Gasteiger partial charge in [0.2, 0.25) is 5.91 Å². The van der Waals surface area contributed by atoms with Crippen molar-refractivity contribution in [2.24, 2.45) is 5.16 Å². The Balaban J connectivity index is 1.84. The molecule has 0 spiro atoms.